The van der Waals surface area contributed by atoms with Crippen molar-refractivity contribution in [3.05, 3.63) is 11.7 Å². The summed E-state index contributed by atoms with van der Waals surface area (Å²) in [6.07, 6.45) is 5.10. The number of nitrogens with zero attached hydrogens (tertiary/aromatic N) is 2. The molecule has 1 saturated heterocycles. The fourth-order valence-corrected chi connectivity index (χ4v) is 2.31. The predicted octanol–water partition coefficient (Wildman–Crippen LogP) is 2.42. The molecule has 1 aliphatic heterocycles. The first-order valence-corrected chi connectivity index (χ1v) is 7.30. The smallest absolute Gasteiger partial charge is 0.226 e. The van der Waals surface area contributed by atoms with Crippen molar-refractivity contribution >= 4 is 0 Å². The molecule has 1 fully saturated rings. The first-order chi connectivity index (χ1) is 9.10. The Morgan fingerprint density at radius 2 is 2.21 bits per heavy atom. The molecule has 1 unspecified atom stereocenters. The molecule has 1 aliphatic rings. The van der Waals surface area contributed by atoms with E-state index in [2.05, 4.69) is 36.2 Å². The lowest BCUT2D eigenvalue weighted by Gasteiger charge is -2.30. The van der Waals surface area contributed by atoms with Crippen LogP contribution in [0.2, 0.25) is 0 Å². The minimum Gasteiger partial charge on any atom is -0.367 e. The summed E-state index contributed by atoms with van der Waals surface area (Å²) in [5.74, 6) is 1.43. The number of aryl methyl sites for hydroxylation is 1. The lowest BCUT2D eigenvalue weighted by atomic mass is 9.95. The van der Waals surface area contributed by atoms with E-state index in [0.717, 1.165) is 44.7 Å². The molecule has 1 aromatic rings. The minimum atomic E-state index is -0.351. The van der Waals surface area contributed by atoms with Crippen LogP contribution in [0.3, 0.4) is 0 Å². The van der Waals surface area contributed by atoms with E-state index in [4.69, 9.17) is 9.26 Å². The second kappa shape index (κ2) is 6.48. The van der Waals surface area contributed by atoms with Crippen LogP contribution in [0.5, 0.6) is 0 Å². The van der Waals surface area contributed by atoms with Gasteiger partial charge in [-0.25, -0.2) is 0 Å². The maximum absolute atomic E-state index is 5.82. The highest BCUT2D eigenvalue weighted by molar-refractivity contribution is 5.00. The molecule has 0 amide bonds. The van der Waals surface area contributed by atoms with Gasteiger partial charge in [0.1, 0.15) is 5.60 Å². The van der Waals surface area contributed by atoms with Crippen LogP contribution in [0.25, 0.3) is 0 Å². The van der Waals surface area contributed by atoms with Crippen molar-refractivity contribution in [3.8, 4) is 0 Å². The number of hydrogen-bond acceptors (Lipinski definition) is 5. The van der Waals surface area contributed by atoms with Crippen LogP contribution < -0.4 is 5.32 Å². The Balaban J connectivity index is 1.84. The van der Waals surface area contributed by atoms with E-state index >= 15 is 0 Å². The SMILES string of the molecule is CC(C)NCCCc1nc(C2(C)CCCCO2)no1. The van der Waals surface area contributed by atoms with Crippen molar-refractivity contribution in [2.24, 2.45) is 0 Å². The second-order valence-corrected chi connectivity index (χ2v) is 5.76. The van der Waals surface area contributed by atoms with Gasteiger partial charge >= 0.3 is 0 Å². The molecule has 1 aromatic heterocycles. The highest BCUT2D eigenvalue weighted by Crippen LogP contribution is 2.32. The summed E-state index contributed by atoms with van der Waals surface area (Å²) in [5, 5.41) is 7.47. The maximum atomic E-state index is 5.82. The van der Waals surface area contributed by atoms with Crippen LogP contribution in [0.4, 0.5) is 0 Å². The van der Waals surface area contributed by atoms with Gasteiger partial charge in [-0.1, -0.05) is 19.0 Å². The molecule has 0 aromatic carbocycles. The van der Waals surface area contributed by atoms with Crippen molar-refractivity contribution < 1.29 is 9.26 Å². The molecule has 108 valence electrons. The highest BCUT2D eigenvalue weighted by atomic mass is 16.5. The largest absolute Gasteiger partial charge is 0.367 e. The van der Waals surface area contributed by atoms with Crippen LogP contribution in [-0.4, -0.2) is 29.3 Å². The van der Waals surface area contributed by atoms with Gasteiger partial charge < -0.3 is 14.6 Å². The maximum Gasteiger partial charge on any atom is 0.226 e. The molecule has 1 N–H and O–H groups in total. The molecule has 19 heavy (non-hydrogen) atoms. The van der Waals surface area contributed by atoms with E-state index in [9.17, 15) is 0 Å². The van der Waals surface area contributed by atoms with Gasteiger partial charge in [-0.3, -0.25) is 0 Å². The van der Waals surface area contributed by atoms with E-state index in [1.807, 2.05) is 0 Å². The zero-order chi connectivity index (χ0) is 13.7. The summed E-state index contributed by atoms with van der Waals surface area (Å²) in [5.41, 5.74) is -0.351. The molecule has 5 heteroatoms. The lowest BCUT2D eigenvalue weighted by Crippen LogP contribution is -2.31. The molecule has 2 rings (SSSR count). The van der Waals surface area contributed by atoms with Gasteiger partial charge in [0.2, 0.25) is 11.7 Å². The summed E-state index contributed by atoms with van der Waals surface area (Å²) in [6, 6.07) is 0.521. The molecule has 0 saturated carbocycles. The van der Waals surface area contributed by atoms with E-state index in [-0.39, 0.29) is 5.60 Å². The van der Waals surface area contributed by atoms with Crippen LogP contribution >= 0.6 is 0 Å². The summed E-state index contributed by atoms with van der Waals surface area (Å²) in [4.78, 5) is 4.49. The Morgan fingerprint density at radius 1 is 1.37 bits per heavy atom. The fourth-order valence-electron chi connectivity index (χ4n) is 2.31. The first kappa shape index (κ1) is 14.5. The molecule has 5 nitrogen and oxygen atoms in total. The summed E-state index contributed by atoms with van der Waals surface area (Å²) in [6.45, 7) is 8.11. The number of hydrogen-bond donors (Lipinski definition) is 1. The third kappa shape index (κ3) is 4.01. The van der Waals surface area contributed by atoms with E-state index in [1.165, 1.54) is 6.42 Å². The van der Waals surface area contributed by atoms with E-state index < -0.39 is 0 Å². The quantitative estimate of drug-likeness (QED) is 0.802. The second-order valence-electron chi connectivity index (χ2n) is 5.76. The zero-order valence-corrected chi connectivity index (χ0v) is 12.2. The van der Waals surface area contributed by atoms with Gasteiger partial charge in [0.05, 0.1) is 0 Å². The van der Waals surface area contributed by atoms with Crippen molar-refractivity contribution in [3.63, 3.8) is 0 Å². The Kier molecular flexibility index (Phi) is 4.93. The topological polar surface area (TPSA) is 60.2 Å². The van der Waals surface area contributed by atoms with Crippen molar-refractivity contribution in [1.82, 2.24) is 15.5 Å². The van der Waals surface area contributed by atoms with Crippen LogP contribution in [0.1, 0.15) is 58.2 Å². The van der Waals surface area contributed by atoms with Crippen LogP contribution in [0.15, 0.2) is 4.52 Å². The molecule has 1 atom stereocenters. The standard InChI is InChI=1S/C14H25N3O2/c1-11(2)15-9-6-7-12-16-13(17-19-12)14(3)8-4-5-10-18-14/h11,15H,4-10H2,1-3H3. The summed E-state index contributed by atoms with van der Waals surface area (Å²) in [7, 11) is 0. The number of ether oxygens (including phenoxy) is 1. The minimum absolute atomic E-state index is 0.351. The number of rotatable bonds is 6. The van der Waals surface area contributed by atoms with Crippen molar-refractivity contribution in [2.75, 3.05) is 13.2 Å². The van der Waals surface area contributed by atoms with Gasteiger partial charge in [0.15, 0.2) is 0 Å². The van der Waals surface area contributed by atoms with E-state index in [1.54, 1.807) is 0 Å². The lowest BCUT2D eigenvalue weighted by molar-refractivity contribution is -0.0770. The van der Waals surface area contributed by atoms with Gasteiger partial charge in [-0.2, -0.15) is 4.98 Å². The molecule has 0 aliphatic carbocycles. The Labute approximate surface area is 115 Å². The molecular formula is C14H25N3O2. The Bertz CT molecular complexity index is 384. The monoisotopic (exact) mass is 267 g/mol. The molecule has 2 heterocycles. The molecular weight excluding hydrogens is 242 g/mol. The van der Waals surface area contributed by atoms with Crippen molar-refractivity contribution in [2.45, 2.75) is 64.5 Å². The fraction of sp³-hybridized carbons (Fsp3) is 0.857. The number of aromatic nitrogens is 2. The van der Waals surface area contributed by atoms with Gasteiger partial charge in [0.25, 0.3) is 0 Å². The first-order valence-electron chi connectivity index (χ1n) is 7.30. The Morgan fingerprint density at radius 3 is 2.89 bits per heavy atom. The third-order valence-corrected chi connectivity index (χ3v) is 3.53. The number of nitrogens with one attached hydrogen (secondary N) is 1. The van der Waals surface area contributed by atoms with E-state index in [0.29, 0.717) is 11.9 Å². The average Bonchev–Trinajstić information content (AvgIpc) is 2.85. The van der Waals surface area contributed by atoms with Gasteiger partial charge in [0, 0.05) is 19.1 Å². The summed E-state index contributed by atoms with van der Waals surface area (Å²) >= 11 is 0. The van der Waals surface area contributed by atoms with Crippen molar-refractivity contribution in [1.29, 1.82) is 0 Å². The predicted molar refractivity (Wildman–Crippen MR) is 72.9 cm³/mol. The van der Waals surface area contributed by atoms with Gasteiger partial charge in [-0.05, 0) is 39.2 Å². The Hall–Kier alpha value is -0.940. The highest BCUT2D eigenvalue weighted by Gasteiger charge is 2.34. The average molecular weight is 267 g/mol. The zero-order valence-electron chi connectivity index (χ0n) is 12.2. The van der Waals surface area contributed by atoms with Gasteiger partial charge in [-0.15, -0.1) is 0 Å². The summed E-state index contributed by atoms with van der Waals surface area (Å²) < 4.78 is 11.1. The third-order valence-electron chi connectivity index (χ3n) is 3.53. The normalized spacial score (nSPS) is 24.0. The molecule has 0 radical (unpaired) electrons. The van der Waals surface area contributed by atoms with Crippen LogP contribution in [0, 0.1) is 0 Å². The van der Waals surface area contributed by atoms with Crippen LogP contribution in [-0.2, 0) is 16.8 Å². The molecule has 0 bridgehead atoms. The molecule has 0 spiro atoms.